The summed E-state index contributed by atoms with van der Waals surface area (Å²) in [7, 11) is 1.54. The van der Waals surface area contributed by atoms with Crippen molar-refractivity contribution < 1.29 is 23.9 Å². The van der Waals surface area contributed by atoms with E-state index in [1.54, 1.807) is 36.3 Å². The molecule has 0 unspecified atom stereocenters. The van der Waals surface area contributed by atoms with E-state index >= 15 is 0 Å². The van der Waals surface area contributed by atoms with E-state index in [2.05, 4.69) is 0 Å². The molecule has 3 rings (SSSR count). The van der Waals surface area contributed by atoms with Gasteiger partial charge in [-0.3, -0.25) is 14.4 Å². The van der Waals surface area contributed by atoms with Crippen LogP contribution >= 0.6 is 0 Å². The van der Waals surface area contributed by atoms with Gasteiger partial charge in [0.25, 0.3) is 0 Å². The van der Waals surface area contributed by atoms with E-state index in [-0.39, 0.29) is 31.3 Å². The molecule has 0 spiro atoms. The van der Waals surface area contributed by atoms with Crippen LogP contribution in [0.2, 0.25) is 0 Å². The Morgan fingerprint density at radius 2 is 1.82 bits per heavy atom. The van der Waals surface area contributed by atoms with Crippen LogP contribution in [0.4, 0.5) is 5.69 Å². The van der Waals surface area contributed by atoms with Crippen LogP contribution in [0.25, 0.3) is 0 Å². The van der Waals surface area contributed by atoms with Crippen molar-refractivity contribution >= 4 is 23.3 Å². The molecule has 0 aromatic heterocycles. The lowest BCUT2D eigenvalue weighted by Gasteiger charge is -2.19. The van der Waals surface area contributed by atoms with E-state index in [0.29, 0.717) is 11.3 Å². The van der Waals surface area contributed by atoms with Gasteiger partial charge in [-0.1, -0.05) is 17.7 Å². The number of amides is 1. The topological polar surface area (TPSA) is 72.9 Å². The van der Waals surface area contributed by atoms with Gasteiger partial charge in [-0.2, -0.15) is 0 Å². The van der Waals surface area contributed by atoms with Crippen molar-refractivity contribution in [1.82, 2.24) is 0 Å². The van der Waals surface area contributed by atoms with Crippen molar-refractivity contribution in [3.8, 4) is 5.75 Å². The maximum atomic E-state index is 12.4. The maximum absolute atomic E-state index is 12.4. The lowest BCUT2D eigenvalue weighted by atomic mass is 10.1. The summed E-state index contributed by atoms with van der Waals surface area (Å²) >= 11 is 0. The van der Waals surface area contributed by atoms with Crippen LogP contribution < -0.4 is 9.64 Å². The summed E-state index contributed by atoms with van der Waals surface area (Å²) < 4.78 is 10.2. The number of benzene rings is 2. The quantitative estimate of drug-likeness (QED) is 0.568. The highest BCUT2D eigenvalue weighted by molar-refractivity contribution is 6.01. The molecule has 2 aromatic rings. The van der Waals surface area contributed by atoms with Crippen molar-refractivity contribution in [3.63, 3.8) is 0 Å². The summed E-state index contributed by atoms with van der Waals surface area (Å²) in [6, 6.07) is 12.4. The number of esters is 1. The minimum atomic E-state index is -0.572. The Hall–Kier alpha value is -3.15. The number of rotatable bonds is 6. The largest absolute Gasteiger partial charge is 0.497 e. The smallest absolute Gasteiger partial charge is 0.311 e. The van der Waals surface area contributed by atoms with Gasteiger partial charge in [-0.15, -0.1) is 0 Å². The van der Waals surface area contributed by atoms with Gasteiger partial charge < -0.3 is 14.4 Å². The van der Waals surface area contributed by atoms with Gasteiger partial charge in [0.1, 0.15) is 5.75 Å². The Kier molecular flexibility index (Phi) is 5.78. The van der Waals surface area contributed by atoms with Crippen molar-refractivity contribution in [1.29, 1.82) is 0 Å². The number of carbonyl (C=O) groups is 3. The molecule has 1 amide bonds. The first-order chi connectivity index (χ1) is 13.4. The maximum Gasteiger partial charge on any atom is 0.311 e. The summed E-state index contributed by atoms with van der Waals surface area (Å²) in [6.07, 6.45) is 0.0862. The predicted molar refractivity (Wildman–Crippen MR) is 105 cm³/mol. The number of ether oxygens (including phenoxy) is 2. The highest BCUT2D eigenvalue weighted by Gasteiger charge is 2.36. The molecule has 1 aliphatic rings. The van der Waals surface area contributed by atoms with E-state index in [1.807, 2.05) is 32.0 Å². The summed E-state index contributed by atoms with van der Waals surface area (Å²) in [4.78, 5) is 38.6. The minimum absolute atomic E-state index is 0.0862. The first-order valence-electron chi connectivity index (χ1n) is 9.10. The molecule has 0 saturated carbocycles. The number of hydrogen-bond acceptors (Lipinski definition) is 5. The Morgan fingerprint density at radius 1 is 1.11 bits per heavy atom. The third-order valence-electron chi connectivity index (χ3n) is 4.86. The van der Waals surface area contributed by atoms with Gasteiger partial charge in [0.05, 0.1) is 13.0 Å². The molecular weight excluding hydrogens is 358 g/mol. The summed E-state index contributed by atoms with van der Waals surface area (Å²) in [6.45, 7) is 3.84. The van der Waals surface area contributed by atoms with Crippen LogP contribution in [0.3, 0.4) is 0 Å². The molecular formula is C22H23NO5. The summed E-state index contributed by atoms with van der Waals surface area (Å²) in [5.74, 6) is -0.870. The minimum Gasteiger partial charge on any atom is -0.497 e. The Balaban J connectivity index is 1.59. The molecule has 28 heavy (non-hydrogen) atoms. The number of anilines is 1. The first kappa shape index (κ1) is 19.6. The van der Waals surface area contributed by atoms with E-state index in [1.165, 1.54) is 0 Å². The molecule has 0 radical (unpaired) electrons. The molecule has 1 aliphatic heterocycles. The lowest BCUT2D eigenvalue weighted by molar-refractivity contribution is -0.147. The molecule has 6 heteroatoms. The van der Waals surface area contributed by atoms with Crippen molar-refractivity contribution in [2.75, 3.05) is 25.2 Å². The average molecular weight is 381 g/mol. The SMILES string of the molecule is COc1ccc(C(=O)COC(=O)[C@H]2CC(=O)N(c3ccc(C)cc3C)C2)cc1. The van der Waals surface area contributed by atoms with Gasteiger partial charge in [0.15, 0.2) is 12.4 Å². The van der Waals surface area contributed by atoms with Crippen LogP contribution in [-0.2, 0) is 14.3 Å². The summed E-state index contributed by atoms with van der Waals surface area (Å²) in [5, 5.41) is 0. The molecule has 0 bridgehead atoms. The fourth-order valence-corrected chi connectivity index (χ4v) is 3.32. The third kappa shape index (κ3) is 4.22. The summed E-state index contributed by atoms with van der Waals surface area (Å²) in [5.41, 5.74) is 3.34. The molecule has 0 aliphatic carbocycles. The van der Waals surface area contributed by atoms with Gasteiger partial charge in [-0.05, 0) is 49.7 Å². The van der Waals surface area contributed by atoms with E-state index in [0.717, 1.165) is 16.8 Å². The molecule has 2 aromatic carbocycles. The Bertz CT molecular complexity index is 904. The number of aryl methyl sites for hydroxylation is 2. The van der Waals surface area contributed by atoms with Gasteiger partial charge in [0, 0.05) is 24.2 Å². The second-order valence-corrected chi connectivity index (χ2v) is 6.95. The standard InChI is InChI=1S/C22H23NO5/c1-14-4-9-19(15(2)10-14)23-12-17(11-21(23)25)22(26)28-13-20(24)16-5-7-18(27-3)8-6-16/h4-10,17H,11-13H2,1-3H3/t17-/m0/s1. The van der Waals surface area contributed by atoms with Crippen molar-refractivity contribution in [2.45, 2.75) is 20.3 Å². The number of hydrogen-bond donors (Lipinski definition) is 0. The zero-order chi connectivity index (χ0) is 20.3. The van der Waals surface area contributed by atoms with Crippen LogP contribution in [0, 0.1) is 19.8 Å². The molecule has 1 atom stereocenters. The van der Waals surface area contributed by atoms with E-state index < -0.39 is 11.9 Å². The molecule has 1 fully saturated rings. The monoisotopic (exact) mass is 381 g/mol. The van der Waals surface area contributed by atoms with Gasteiger partial charge >= 0.3 is 5.97 Å². The lowest BCUT2D eigenvalue weighted by Crippen LogP contribution is -2.27. The zero-order valence-electron chi connectivity index (χ0n) is 16.2. The highest BCUT2D eigenvalue weighted by atomic mass is 16.5. The van der Waals surface area contributed by atoms with Crippen molar-refractivity contribution in [2.24, 2.45) is 5.92 Å². The molecule has 6 nitrogen and oxygen atoms in total. The number of carbonyl (C=O) groups excluding carboxylic acids is 3. The Morgan fingerprint density at radius 3 is 2.46 bits per heavy atom. The van der Waals surface area contributed by atoms with E-state index in [4.69, 9.17) is 9.47 Å². The van der Waals surface area contributed by atoms with Crippen LogP contribution in [0.5, 0.6) is 5.75 Å². The van der Waals surface area contributed by atoms with Crippen LogP contribution in [0.15, 0.2) is 42.5 Å². The zero-order valence-corrected chi connectivity index (χ0v) is 16.2. The van der Waals surface area contributed by atoms with Gasteiger partial charge in [-0.25, -0.2) is 0 Å². The van der Waals surface area contributed by atoms with Crippen LogP contribution in [0.1, 0.15) is 27.9 Å². The normalized spacial score (nSPS) is 16.2. The molecule has 0 N–H and O–H groups in total. The molecule has 1 saturated heterocycles. The van der Waals surface area contributed by atoms with E-state index in [9.17, 15) is 14.4 Å². The average Bonchev–Trinajstić information content (AvgIpc) is 3.07. The van der Waals surface area contributed by atoms with Gasteiger partial charge in [0.2, 0.25) is 5.91 Å². The fourth-order valence-electron chi connectivity index (χ4n) is 3.32. The Labute approximate surface area is 164 Å². The molecule has 1 heterocycles. The fraction of sp³-hybridized carbons (Fsp3) is 0.318. The third-order valence-corrected chi connectivity index (χ3v) is 4.86. The number of nitrogens with zero attached hydrogens (tertiary/aromatic N) is 1. The highest BCUT2D eigenvalue weighted by Crippen LogP contribution is 2.29. The first-order valence-corrected chi connectivity index (χ1v) is 9.10. The van der Waals surface area contributed by atoms with Crippen molar-refractivity contribution in [3.05, 3.63) is 59.2 Å². The van der Waals surface area contributed by atoms with Crippen LogP contribution in [-0.4, -0.2) is 37.9 Å². The predicted octanol–water partition coefficient (Wildman–Crippen LogP) is 3.09. The number of ketones is 1. The second-order valence-electron chi connectivity index (χ2n) is 6.95. The number of methoxy groups -OCH3 is 1. The second kappa shape index (κ2) is 8.25. The number of Topliss-reactive ketones (excluding diaryl/α,β-unsaturated/α-hetero) is 1. The molecule has 146 valence electrons.